The Morgan fingerprint density at radius 1 is 1.07 bits per heavy atom. The molecule has 0 radical (unpaired) electrons. The summed E-state index contributed by atoms with van der Waals surface area (Å²) in [7, 11) is 0. The summed E-state index contributed by atoms with van der Waals surface area (Å²) in [6.45, 7) is 2.00. The normalized spacial score (nSPS) is 18.2. The molecule has 1 aliphatic heterocycles. The topological polar surface area (TPSA) is 108 Å². The second-order valence-corrected chi connectivity index (χ2v) is 7.20. The van der Waals surface area contributed by atoms with Crippen LogP contribution in [0.25, 0.3) is 0 Å². The summed E-state index contributed by atoms with van der Waals surface area (Å²) in [5.41, 5.74) is 0.259. The predicted molar refractivity (Wildman–Crippen MR) is 108 cm³/mol. The molecule has 0 spiro atoms. The van der Waals surface area contributed by atoms with E-state index < -0.39 is 11.4 Å². The molecule has 3 N–H and O–H groups in total. The Hall–Kier alpha value is -3.55. The third-order valence-electron chi connectivity index (χ3n) is 4.79. The van der Waals surface area contributed by atoms with Gasteiger partial charge in [-0.15, -0.1) is 0 Å². The second-order valence-electron chi connectivity index (χ2n) is 7.20. The number of likely N-dealkylation sites (tertiary alicyclic amines) is 1. The number of aliphatic carboxylic acids is 1. The summed E-state index contributed by atoms with van der Waals surface area (Å²) >= 11 is 0. The van der Waals surface area contributed by atoms with E-state index in [2.05, 4.69) is 10.6 Å². The maximum atomic E-state index is 12.4. The second kappa shape index (κ2) is 8.64. The van der Waals surface area contributed by atoms with Gasteiger partial charge in [0.1, 0.15) is 5.75 Å². The van der Waals surface area contributed by atoms with Crippen LogP contribution in [0.1, 0.15) is 13.3 Å². The zero-order chi connectivity index (χ0) is 20.9. The fourth-order valence-corrected chi connectivity index (χ4v) is 3.04. The van der Waals surface area contributed by atoms with E-state index in [1.165, 1.54) is 4.90 Å². The Labute approximate surface area is 168 Å². The van der Waals surface area contributed by atoms with Gasteiger partial charge in [0.2, 0.25) is 0 Å². The molecule has 0 aliphatic carbocycles. The molecule has 3 rings (SSSR count). The number of ether oxygens (including phenoxy) is 1. The average molecular weight is 397 g/mol. The van der Waals surface area contributed by atoms with E-state index in [1.807, 2.05) is 18.2 Å². The Morgan fingerprint density at radius 2 is 1.79 bits per heavy atom. The van der Waals surface area contributed by atoms with Crippen molar-refractivity contribution < 1.29 is 24.2 Å². The highest BCUT2D eigenvalue weighted by molar-refractivity contribution is 5.92. The van der Waals surface area contributed by atoms with Crippen molar-refractivity contribution in [3.63, 3.8) is 0 Å². The number of hydrogen-bond acceptors (Lipinski definition) is 4. The van der Waals surface area contributed by atoms with Crippen LogP contribution in [0.3, 0.4) is 0 Å². The molecular weight excluding hydrogens is 374 g/mol. The first kappa shape index (κ1) is 20.2. The molecule has 1 fully saturated rings. The summed E-state index contributed by atoms with van der Waals surface area (Å²) in [6.07, 6.45) is 0.412. The molecule has 2 aromatic carbocycles. The molecule has 1 unspecified atom stereocenters. The largest absolute Gasteiger partial charge is 0.484 e. The fourth-order valence-electron chi connectivity index (χ4n) is 3.04. The standard InChI is InChI=1S/C21H23N3O5/c1-21(19(26)27)10-11-24(14-21)20(28)23-16-8-5-9-17(12-16)29-13-18(25)22-15-6-3-2-4-7-15/h2-9,12H,10-11,13-14H2,1H3,(H,22,25)(H,23,28)(H,26,27). The molecule has 1 heterocycles. The smallest absolute Gasteiger partial charge is 0.321 e. The van der Waals surface area contributed by atoms with E-state index in [0.29, 0.717) is 30.1 Å². The third kappa shape index (κ3) is 5.25. The van der Waals surface area contributed by atoms with Crippen molar-refractivity contribution in [3.05, 3.63) is 54.6 Å². The van der Waals surface area contributed by atoms with Gasteiger partial charge in [0, 0.05) is 30.5 Å². The molecule has 1 aliphatic rings. The lowest BCUT2D eigenvalue weighted by Gasteiger charge is -2.20. The summed E-state index contributed by atoms with van der Waals surface area (Å²) < 4.78 is 5.50. The van der Waals surface area contributed by atoms with Gasteiger partial charge in [-0.1, -0.05) is 24.3 Å². The predicted octanol–water partition coefficient (Wildman–Crippen LogP) is 3.03. The van der Waals surface area contributed by atoms with Crippen molar-refractivity contribution in [1.82, 2.24) is 4.90 Å². The number of anilines is 2. The van der Waals surface area contributed by atoms with E-state index in [1.54, 1.807) is 43.3 Å². The first-order valence-corrected chi connectivity index (χ1v) is 9.23. The van der Waals surface area contributed by atoms with Crippen LogP contribution in [0.2, 0.25) is 0 Å². The van der Waals surface area contributed by atoms with Gasteiger partial charge >= 0.3 is 12.0 Å². The highest BCUT2D eigenvalue weighted by atomic mass is 16.5. The van der Waals surface area contributed by atoms with E-state index in [4.69, 9.17) is 4.74 Å². The van der Waals surface area contributed by atoms with E-state index in [-0.39, 0.29) is 25.1 Å². The van der Waals surface area contributed by atoms with Crippen LogP contribution < -0.4 is 15.4 Å². The number of carboxylic acids is 1. The molecule has 0 bridgehead atoms. The first-order chi connectivity index (χ1) is 13.9. The number of amides is 3. The average Bonchev–Trinajstić information content (AvgIpc) is 3.11. The number of carboxylic acid groups (broad SMARTS) is 1. The number of benzene rings is 2. The van der Waals surface area contributed by atoms with E-state index >= 15 is 0 Å². The van der Waals surface area contributed by atoms with Gasteiger partial charge in [-0.3, -0.25) is 9.59 Å². The van der Waals surface area contributed by atoms with Gasteiger partial charge in [-0.25, -0.2) is 4.79 Å². The zero-order valence-electron chi connectivity index (χ0n) is 16.1. The fraction of sp³-hybridized carbons (Fsp3) is 0.286. The van der Waals surface area contributed by atoms with Crippen molar-refractivity contribution >= 4 is 29.3 Å². The number of carbonyl (C=O) groups excluding carboxylic acids is 2. The molecule has 3 amide bonds. The first-order valence-electron chi connectivity index (χ1n) is 9.23. The number of rotatable bonds is 6. The van der Waals surface area contributed by atoms with Crippen molar-refractivity contribution in [2.24, 2.45) is 5.41 Å². The van der Waals surface area contributed by atoms with Crippen LogP contribution in [0.15, 0.2) is 54.6 Å². The quantitative estimate of drug-likeness (QED) is 0.694. The molecular formula is C21H23N3O5. The molecule has 152 valence electrons. The number of nitrogens with one attached hydrogen (secondary N) is 2. The monoisotopic (exact) mass is 397 g/mol. The lowest BCUT2D eigenvalue weighted by molar-refractivity contribution is -0.147. The van der Waals surface area contributed by atoms with Crippen molar-refractivity contribution in [1.29, 1.82) is 0 Å². The van der Waals surface area contributed by atoms with Gasteiger partial charge in [-0.2, -0.15) is 0 Å². The highest BCUT2D eigenvalue weighted by Crippen LogP contribution is 2.30. The number of para-hydroxylation sites is 1. The lowest BCUT2D eigenvalue weighted by Crippen LogP contribution is -2.37. The van der Waals surface area contributed by atoms with Crippen LogP contribution in [0.5, 0.6) is 5.75 Å². The SMILES string of the molecule is CC1(C(=O)O)CCN(C(=O)Nc2cccc(OCC(=O)Nc3ccccc3)c2)C1. The molecule has 1 atom stereocenters. The minimum absolute atomic E-state index is 0.157. The Balaban J connectivity index is 1.52. The maximum Gasteiger partial charge on any atom is 0.321 e. The zero-order valence-corrected chi connectivity index (χ0v) is 16.1. The molecule has 2 aromatic rings. The molecule has 8 nitrogen and oxygen atoms in total. The van der Waals surface area contributed by atoms with Gasteiger partial charge in [-0.05, 0) is 37.6 Å². The third-order valence-corrected chi connectivity index (χ3v) is 4.79. The van der Waals surface area contributed by atoms with Crippen LogP contribution in [-0.2, 0) is 9.59 Å². The lowest BCUT2D eigenvalue weighted by atomic mass is 9.90. The summed E-state index contributed by atoms with van der Waals surface area (Å²) in [6, 6.07) is 15.4. The van der Waals surface area contributed by atoms with Crippen molar-refractivity contribution in [3.8, 4) is 5.75 Å². The molecule has 0 saturated carbocycles. The van der Waals surface area contributed by atoms with Crippen molar-refractivity contribution in [2.45, 2.75) is 13.3 Å². The molecule has 1 saturated heterocycles. The van der Waals surface area contributed by atoms with Gasteiger partial charge in [0.15, 0.2) is 6.61 Å². The Bertz CT molecular complexity index is 902. The van der Waals surface area contributed by atoms with Crippen LogP contribution in [0, 0.1) is 5.41 Å². The minimum Gasteiger partial charge on any atom is -0.484 e. The number of carbonyl (C=O) groups is 3. The van der Waals surface area contributed by atoms with Crippen LogP contribution in [0.4, 0.5) is 16.2 Å². The molecule has 29 heavy (non-hydrogen) atoms. The van der Waals surface area contributed by atoms with Gasteiger partial charge < -0.3 is 25.4 Å². The molecule has 8 heteroatoms. The van der Waals surface area contributed by atoms with E-state index in [0.717, 1.165) is 0 Å². The van der Waals surface area contributed by atoms with Crippen molar-refractivity contribution in [2.75, 3.05) is 30.3 Å². The number of hydrogen-bond donors (Lipinski definition) is 3. The summed E-state index contributed by atoms with van der Waals surface area (Å²) in [5, 5.41) is 14.8. The number of urea groups is 1. The van der Waals surface area contributed by atoms with E-state index in [9.17, 15) is 19.5 Å². The Morgan fingerprint density at radius 3 is 2.48 bits per heavy atom. The summed E-state index contributed by atoms with van der Waals surface area (Å²) in [4.78, 5) is 37.2. The van der Waals surface area contributed by atoms with Crippen LogP contribution >= 0.6 is 0 Å². The highest BCUT2D eigenvalue weighted by Gasteiger charge is 2.42. The molecule has 0 aromatic heterocycles. The maximum absolute atomic E-state index is 12.4. The number of nitrogens with zero attached hydrogens (tertiary/aromatic N) is 1. The Kier molecular flexibility index (Phi) is 6.01. The minimum atomic E-state index is -0.922. The van der Waals surface area contributed by atoms with Gasteiger partial charge in [0.05, 0.1) is 5.41 Å². The van der Waals surface area contributed by atoms with Crippen LogP contribution in [-0.4, -0.2) is 47.6 Å². The summed E-state index contributed by atoms with van der Waals surface area (Å²) in [5.74, 6) is -0.768. The van der Waals surface area contributed by atoms with Gasteiger partial charge in [0.25, 0.3) is 5.91 Å².